The number of sulfonamides is 1. The molecule has 0 saturated carbocycles. The number of hydrogen-bond donors (Lipinski definition) is 1. The standard InChI is InChI=1S/C23H23N5O2S/c1-17-23(15-25-28(17)19-7-3-2-4-8-19)31(29,30)26-18-12-14-27(16-18)22-11-5-10-21-20(22)9-6-13-24-21/h2-11,13,15,18,26H,12,14,16H2,1H3. The molecule has 7 nitrogen and oxygen atoms in total. The first kappa shape index (κ1) is 19.7. The highest BCUT2D eigenvalue weighted by molar-refractivity contribution is 7.89. The van der Waals surface area contributed by atoms with Crippen molar-refractivity contribution in [3.8, 4) is 5.69 Å². The Labute approximate surface area is 181 Å². The first-order valence-electron chi connectivity index (χ1n) is 10.2. The van der Waals surface area contributed by atoms with E-state index in [1.165, 1.54) is 6.20 Å². The van der Waals surface area contributed by atoms with Gasteiger partial charge in [-0.3, -0.25) is 4.98 Å². The highest BCUT2D eigenvalue weighted by Gasteiger charge is 2.30. The van der Waals surface area contributed by atoms with Crippen LogP contribution in [0.25, 0.3) is 16.6 Å². The van der Waals surface area contributed by atoms with Crippen molar-refractivity contribution < 1.29 is 8.42 Å². The quantitative estimate of drug-likeness (QED) is 0.522. The molecule has 1 atom stereocenters. The zero-order valence-corrected chi connectivity index (χ0v) is 18.0. The molecule has 1 saturated heterocycles. The van der Waals surface area contributed by atoms with Crippen LogP contribution in [-0.2, 0) is 10.0 Å². The Morgan fingerprint density at radius 3 is 2.71 bits per heavy atom. The van der Waals surface area contributed by atoms with Gasteiger partial charge < -0.3 is 4.90 Å². The van der Waals surface area contributed by atoms with Crippen molar-refractivity contribution in [3.05, 3.63) is 78.8 Å². The van der Waals surface area contributed by atoms with E-state index in [-0.39, 0.29) is 10.9 Å². The Balaban J connectivity index is 1.36. The molecule has 3 heterocycles. The number of hydrogen-bond acceptors (Lipinski definition) is 5. The van der Waals surface area contributed by atoms with Crippen molar-refractivity contribution in [1.82, 2.24) is 19.5 Å². The van der Waals surface area contributed by atoms with Crippen LogP contribution >= 0.6 is 0 Å². The predicted molar refractivity (Wildman–Crippen MR) is 121 cm³/mol. The Morgan fingerprint density at radius 1 is 1.03 bits per heavy atom. The van der Waals surface area contributed by atoms with Gasteiger partial charge in [0.15, 0.2) is 0 Å². The number of nitrogens with zero attached hydrogens (tertiary/aromatic N) is 4. The van der Waals surface area contributed by atoms with Crippen molar-refractivity contribution in [2.45, 2.75) is 24.3 Å². The second kappa shape index (κ2) is 7.79. The fourth-order valence-electron chi connectivity index (χ4n) is 4.21. The second-order valence-corrected chi connectivity index (χ2v) is 9.42. The Hall–Kier alpha value is -3.23. The Kier molecular flexibility index (Phi) is 4.95. The third kappa shape index (κ3) is 3.68. The van der Waals surface area contributed by atoms with Crippen LogP contribution in [0.2, 0.25) is 0 Å². The summed E-state index contributed by atoms with van der Waals surface area (Å²) >= 11 is 0. The summed E-state index contributed by atoms with van der Waals surface area (Å²) in [5.41, 5.74) is 3.44. The van der Waals surface area contributed by atoms with Gasteiger partial charge in [0.05, 0.1) is 23.1 Å². The number of rotatable bonds is 5. The van der Waals surface area contributed by atoms with Gasteiger partial charge in [-0.05, 0) is 49.7 Å². The molecule has 4 aromatic rings. The zero-order chi connectivity index (χ0) is 21.4. The molecule has 0 aliphatic carbocycles. The molecule has 1 N–H and O–H groups in total. The first-order valence-corrected chi connectivity index (χ1v) is 11.7. The summed E-state index contributed by atoms with van der Waals surface area (Å²) in [6.07, 6.45) is 3.94. The van der Waals surface area contributed by atoms with Gasteiger partial charge in [0.25, 0.3) is 0 Å². The fourth-order valence-corrected chi connectivity index (χ4v) is 5.63. The summed E-state index contributed by atoms with van der Waals surface area (Å²) in [5.74, 6) is 0. The number of pyridine rings is 1. The summed E-state index contributed by atoms with van der Waals surface area (Å²) in [7, 11) is -3.68. The molecule has 1 unspecified atom stereocenters. The van der Waals surface area contributed by atoms with Gasteiger partial charge in [-0.1, -0.05) is 24.3 Å². The van der Waals surface area contributed by atoms with Gasteiger partial charge >= 0.3 is 0 Å². The van der Waals surface area contributed by atoms with Crippen molar-refractivity contribution in [2.24, 2.45) is 0 Å². The smallest absolute Gasteiger partial charge is 0.244 e. The van der Waals surface area contributed by atoms with E-state index in [2.05, 4.69) is 31.8 Å². The van der Waals surface area contributed by atoms with Crippen LogP contribution in [0.5, 0.6) is 0 Å². The van der Waals surface area contributed by atoms with Crippen LogP contribution in [-0.4, -0.2) is 42.3 Å². The van der Waals surface area contributed by atoms with Gasteiger partial charge in [0.1, 0.15) is 4.90 Å². The maximum Gasteiger partial charge on any atom is 0.244 e. The van der Waals surface area contributed by atoms with E-state index in [0.717, 1.165) is 35.2 Å². The number of benzene rings is 2. The van der Waals surface area contributed by atoms with Crippen molar-refractivity contribution >= 4 is 26.6 Å². The minimum Gasteiger partial charge on any atom is -0.369 e. The normalized spacial score (nSPS) is 16.8. The minimum absolute atomic E-state index is 0.170. The number of para-hydroxylation sites is 1. The molecular weight excluding hydrogens is 410 g/mol. The summed E-state index contributed by atoms with van der Waals surface area (Å²) < 4.78 is 30.8. The maximum absolute atomic E-state index is 13.1. The fraction of sp³-hybridized carbons (Fsp3) is 0.217. The molecule has 158 valence electrons. The monoisotopic (exact) mass is 433 g/mol. The number of nitrogens with one attached hydrogen (secondary N) is 1. The molecule has 8 heteroatoms. The molecule has 31 heavy (non-hydrogen) atoms. The molecule has 1 aliphatic heterocycles. The summed E-state index contributed by atoms with van der Waals surface area (Å²) in [6, 6.07) is 19.4. The molecule has 1 fully saturated rings. The third-order valence-electron chi connectivity index (χ3n) is 5.73. The third-order valence-corrected chi connectivity index (χ3v) is 7.35. The average molecular weight is 434 g/mol. The summed E-state index contributed by atoms with van der Waals surface area (Å²) in [4.78, 5) is 6.85. The lowest BCUT2D eigenvalue weighted by molar-refractivity contribution is 0.560. The van der Waals surface area contributed by atoms with Crippen LogP contribution in [0, 0.1) is 6.92 Å². The largest absolute Gasteiger partial charge is 0.369 e. The molecular formula is C23H23N5O2S. The summed E-state index contributed by atoms with van der Waals surface area (Å²) in [5, 5.41) is 5.38. The van der Waals surface area contributed by atoms with Gasteiger partial charge in [-0.2, -0.15) is 5.10 Å². The lowest BCUT2D eigenvalue weighted by atomic mass is 10.1. The van der Waals surface area contributed by atoms with E-state index >= 15 is 0 Å². The zero-order valence-electron chi connectivity index (χ0n) is 17.1. The topological polar surface area (TPSA) is 80.1 Å². The SMILES string of the molecule is Cc1c(S(=O)(=O)NC2CCN(c3cccc4ncccc34)C2)cnn1-c1ccccc1. The highest BCUT2D eigenvalue weighted by Crippen LogP contribution is 2.29. The maximum atomic E-state index is 13.1. The lowest BCUT2D eigenvalue weighted by Crippen LogP contribution is -2.37. The van der Waals surface area contributed by atoms with Gasteiger partial charge in [-0.15, -0.1) is 0 Å². The Bertz CT molecular complexity index is 1330. The van der Waals surface area contributed by atoms with Crippen LogP contribution < -0.4 is 9.62 Å². The summed E-state index contributed by atoms with van der Waals surface area (Å²) in [6.45, 7) is 3.17. The molecule has 0 radical (unpaired) electrons. The van der Waals surface area contributed by atoms with Crippen LogP contribution in [0.15, 0.2) is 78.0 Å². The molecule has 1 aliphatic rings. The van der Waals surface area contributed by atoms with Gasteiger partial charge in [0.2, 0.25) is 10.0 Å². The van der Waals surface area contributed by atoms with Crippen molar-refractivity contribution in [3.63, 3.8) is 0 Å². The average Bonchev–Trinajstić information content (AvgIpc) is 3.40. The number of anilines is 1. The van der Waals surface area contributed by atoms with E-state index in [1.807, 2.05) is 48.5 Å². The molecule has 0 bridgehead atoms. The Morgan fingerprint density at radius 2 is 1.87 bits per heavy atom. The first-order chi connectivity index (χ1) is 15.0. The van der Waals surface area contributed by atoms with Gasteiger partial charge in [-0.25, -0.2) is 17.8 Å². The highest BCUT2D eigenvalue weighted by atomic mass is 32.2. The number of aromatic nitrogens is 3. The van der Waals surface area contributed by atoms with E-state index in [1.54, 1.807) is 17.8 Å². The lowest BCUT2D eigenvalue weighted by Gasteiger charge is -2.20. The van der Waals surface area contributed by atoms with Crippen molar-refractivity contribution in [2.75, 3.05) is 18.0 Å². The van der Waals surface area contributed by atoms with E-state index < -0.39 is 10.0 Å². The molecule has 5 rings (SSSR count). The molecule has 0 spiro atoms. The predicted octanol–water partition coefficient (Wildman–Crippen LogP) is 3.29. The number of fused-ring (bicyclic) bond motifs is 1. The minimum atomic E-state index is -3.68. The van der Waals surface area contributed by atoms with Crippen molar-refractivity contribution in [1.29, 1.82) is 0 Å². The van der Waals surface area contributed by atoms with E-state index in [4.69, 9.17) is 0 Å². The van der Waals surface area contributed by atoms with Crippen LogP contribution in [0.1, 0.15) is 12.1 Å². The molecule has 0 amide bonds. The second-order valence-electron chi connectivity index (χ2n) is 7.74. The van der Waals surface area contributed by atoms with Gasteiger partial charge in [0, 0.05) is 36.4 Å². The molecule has 2 aromatic carbocycles. The van der Waals surface area contributed by atoms with Crippen LogP contribution in [0.4, 0.5) is 5.69 Å². The van der Waals surface area contributed by atoms with E-state index in [0.29, 0.717) is 12.2 Å². The van der Waals surface area contributed by atoms with E-state index in [9.17, 15) is 8.42 Å². The van der Waals surface area contributed by atoms with Crippen LogP contribution in [0.3, 0.4) is 0 Å². The molecule has 2 aromatic heterocycles.